The van der Waals surface area contributed by atoms with Crippen molar-refractivity contribution < 1.29 is 22.0 Å². The highest BCUT2D eigenvalue weighted by molar-refractivity contribution is 9.10. The van der Waals surface area contributed by atoms with Gasteiger partial charge < -0.3 is 0 Å². The van der Waals surface area contributed by atoms with Crippen molar-refractivity contribution in [2.24, 2.45) is 7.05 Å². The SMILES string of the molecule is Cn1nc(C(=O)NS(=O)(=O)c2ccccc2Br)nc1-c1c(F)cccc1F. The number of hydrogen-bond donors (Lipinski definition) is 1. The van der Waals surface area contributed by atoms with Gasteiger partial charge in [0.1, 0.15) is 16.5 Å². The highest BCUT2D eigenvalue weighted by atomic mass is 79.9. The predicted molar refractivity (Wildman–Crippen MR) is 95.1 cm³/mol. The fourth-order valence-electron chi connectivity index (χ4n) is 2.30. The van der Waals surface area contributed by atoms with Crippen molar-refractivity contribution in [1.29, 1.82) is 0 Å². The third-order valence-corrected chi connectivity index (χ3v) is 5.85. The van der Waals surface area contributed by atoms with Gasteiger partial charge in [-0.3, -0.25) is 4.79 Å². The van der Waals surface area contributed by atoms with Gasteiger partial charge in [-0.05, 0) is 40.2 Å². The van der Waals surface area contributed by atoms with Gasteiger partial charge in [0.25, 0.3) is 10.0 Å². The number of rotatable bonds is 4. The third kappa shape index (κ3) is 3.74. The number of nitrogens with zero attached hydrogens (tertiary/aromatic N) is 3. The summed E-state index contributed by atoms with van der Waals surface area (Å²) in [7, 11) is -2.88. The summed E-state index contributed by atoms with van der Waals surface area (Å²) in [6, 6.07) is 9.14. The van der Waals surface area contributed by atoms with Crippen LogP contribution in [0.4, 0.5) is 8.78 Å². The van der Waals surface area contributed by atoms with E-state index in [9.17, 15) is 22.0 Å². The van der Waals surface area contributed by atoms with Crippen LogP contribution < -0.4 is 4.72 Å². The number of aryl methyl sites for hydroxylation is 1. The van der Waals surface area contributed by atoms with Crippen molar-refractivity contribution in [2.45, 2.75) is 4.90 Å². The molecule has 27 heavy (non-hydrogen) atoms. The van der Waals surface area contributed by atoms with E-state index >= 15 is 0 Å². The van der Waals surface area contributed by atoms with Crippen molar-refractivity contribution in [3.05, 3.63) is 64.4 Å². The predicted octanol–water partition coefficient (Wildman–Crippen LogP) is 2.64. The van der Waals surface area contributed by atoms with Crippen LogP contribution in [0.5, 0.6) is 0 Å². The Morgan fingerprint density at radius 2 is 1.74 bits per heavy atom. The number of nitrogens with one attached hydrogen (secondary N) is 1. The number of halogens is 3. The molecule has 3 rings (SSSR count). The molecule has 140 valence electrons. The van der Waals surface area contributed by atoms with Crippen LogP contribution >= 0.6 is 15.9 Å². The summed E-state index contributed by atoms with van der Waals surface area (Å²) in [5.41, 5.74) is -0.472. The molecule has 0 radical (unpaired) electrons. The molecule has 2 aromatic carbocycles. The van der Waals surface area contributed by atoms with E-state index in [-0.39, 0.29) is 15.2 Å². The molecule has 0 saturated heterocycles. The number of carbonyl (C=O) groups is 1. The zero-order chi connectivity index (χ0) is 19.8. The molecule has 11 heteroatoms. The normalized spacial score (nSPS) is 11.4. The van der Waals surface area contributed by atoms with Gasteiger partial charge in [0.15, 0.2) is 5.82 Å². The Labute approximate surface area is 161 Å². The second kappa shape index (κ2) is 7.16. The van der Waals surface area contributed by atoms with Crippen molar-refractivity contribution in [2.75, 3.05) is 0 Å². The number of carbonyl (C=O) groups excluding carboxylic acids is 1. The summed E-state index contributed by atoms with van der Waals surface area (Å²) in [6.45, 7) is 0. The van der Waals surface area contributed by atoms with E-state index in [4.69, 9.17) is 0 Å². The quantitative estimate of drug-likeness (QED) is 0.651. The van der Waals surface area contributed by atoms with Crippen molar-refractivity contribution in [3.63, 3.8) is 0 Å². The van der Waals surface area contributed by atoms with Gasteiger partial charge in [-0.2, -0.15) is 0 Å². The van der Waals surface area contributed by atoms with Crippen LogP contribution in [0.1, 0.15) is 10.6 Å². The van der Waals surface area contributed by atoms with Crippen LogP contribution in [0.3, 0.4) is 0 Å². The fourth-order valence-corrected chi connectivity index (χ4v) is 4.25. The van der Waals surface area contributed by atoms with Crippen LogP contribution in [0.25, 0.3) is 11.4 Å². The van der Waals surface area contributed by atoms with Gasteiger partial charge in [-0.15, -0.1) is 5.10 Å². The number of aromatic nitrogens is 3. The first kappa shape index (κ1) is 19.1. The minimum absolute atomic E-state index is 0.158. The summed E-state index contributed by atoms with van der Waals surface area (Å²) >= 11 is 3.09. The second-order valence-corrected chi connectivity index (χ2v) is 7.85. The highest BCUT2D eigenvalue weighted by Crippen LogP contribution is 2.24. The molecule has 0 fully saturated rings. The molecule has 0 saturated carbocycles. The van der Waals surface area contributed by atoms with Crippen LogP contribution in [0.15, 0.2) is 51.8 Å². The number of amides is 1. The molecule has 1 aromatic heterocycles. The molecule has 1 heterocycles. The minimum atomic E-state index is -4.21. The first-order valence-corrected chi connectivity index (χ1v) is 9.65. The van der Waals surface area contributed by atoms with Crippen molar-refractivity contribution in [1.82, 2.24) is 19.5 Å². The minimum Gasteiger partial charge on any atom is -0.264 e. The lowest BCUT2D eigenvalue weighted by Gasteiger charge is -2.06. The van der Waals surface area contributed by atoms with E-state index < -0.39 is 39.0 Å². The average Bonchev–Trinajstić information content (AvgIpc) is 2.96. The third-order valence-electron chi connectivity index (χ3n) is 3.51. The van der Waals surface area contributed by atoms with Crippen molar-refractivity contribution >= 4 is 31.9 Å². The molecule has 0 bridgehead atoms. The second-order valence-electron chi connectivity index (χ2n) is 5.34. The molecule has 3 aromatic rings. The maximum absolute atomic E-state index is 13.9. The molecule has 1 amide bonds. The summed E-state index contributed by atoms with van der Waals surface area (Å²) in [5.74, 6) is -3.72. The molecule has 0 atom stereocenters. The Kier molecular flexibility index (Phi) is 5.07. The molecule has 0 aliphatic heterocycles. The Bertz CT molecular complexity index is 1130. The summed E-state index contributed by atoms with van der Waals surface area (Å²) in [4.78, 5) is 15.9. The van der Waals surface area contributed by atoms with Gasteiger partial charge in [0.05, 0.1) is 5.56 Å². The first-order chi connectivity index (χ1) is 12.7. The van der Waals surface area contributed by atoms with E-state index in [2.05, 4.69) is 26.0 Å². The highest BCUT2D eigenvalue weighted by Gasteiger charge is 2.25. The Morgan fingerprint density at radius 1 is 1.11 bits per heavy atom. The molecule has 1 N–H and O–H groups in total. The standard InChI is InChI=1S/C16H11BrF2N4O3S/c1-23-15(13-10(18)6-4-7-11(13)19)20-14(21-23)16(24)22-27(25,26)12-8-3-2-5-9(12)17/h2-8H,1H3,(H,22,24). The van der Waals surface area contributed by atoms with E-state index in [0.717, 1.165) is 16.8 Å². The lowest BCUT2D eigenvalue weighted by Crippen LogP contribution is -2.31. The zero-order valence-corrected chi connectivity index (χ0v) is 16.1. The van der Waals surface area contributed by atoms with Gasteiger partial charge in [0.2, 0.25) is 5.82 Å². The maximum Gasteiger partial charge on any atom is 0.304 e. The molecule has 0 unspecified atom stereocenters. The van der Waals surface area contributed by atoms with Gasteiger partial charge in [0, 0.05) is 11.5 Å². The molecule has 7 nitrogen and oxygen atoms in total. The first-order valence-electron chi connectivity index (χ1n) is 7.38. The van der Waals surface area contributed by atoms with E-state index in [0.29, 0.717) is 0 Å². The van der Waals surface area contributed by atoms with Crippen LogP contribution in [-0.2, 0) is 17.1 Å². The molecular formula is C16H11BrF2N4O3S. The number of sulfonamides is 1. The molecule has 0 aliphatic carbocycles. The average molecular weight is 457 g/mol. The Balaban J connectivity index is 1.95. The fraction of sp³-hybridized carbons (Fsp3) is 0.0625. The van der Waals surface area contributed by atoms with Gasteiger partial charge in [-0.1, -0.05) is 18.2 Å². The molecular weight excluding hydrogens is 446 g/mol. The van der Waals surface area contributed by atoms with E-state index in [1.807, 2.05) is 4.72 Å². The van der Waals surface area contributed by atoms with Crippen LogP contribution in [-0.4, -0.2) is 29.1 Å². The Morgan fingerprint density at radius 3 is 2.37 bits per heavy atom. The van der Waals surface area contributed by atoms with E-state index in [1.54, 1.807) is 6.07 Å². The van der Waals surface area contributed by atoms with Crippen LogP contribution in [0, 0.1) is 11.6 Å². The molecule has 0 aliphatic rings. The lowest BCUT2D eigenvalue weighted by atomic mass is 10.2. The Hall–Kier alpha value is -2.66. The summed E-state index contributed by atoms with van der Waals surface area (Å²) in [5, 5.41) is 3.75. The largest absolute Gasteiger partial charge is 0.304 e. The number of benzene rings is 2. The maximum atomic E-state index is 13.9. The topological polar surface area (TPSA) is 94.0 Å². The van der Waals surface area contributed by atoms with Crippen LogP contribution in [0.2, 0.25) is 0 Å². The van der Waals surface area contributed by atoms with Gasteiger partial charge >= 0.3 is 5.91 Å². The lowest BCUT2D eigenvalue weighted by molar-refractivity contribution is 0.0971. The molecule has 0 spiro atoms. The van der Waals surface area contributed by atoms with Gasteiger partial charge in [-0.25, -0.2) is 31.6 Å². The summed E-state index contributed by atoms with van der Waals surface area (Å²) in [6.07, 6.45) is 0. The van der Waals surface area contributed by atoms with E-state index in [1.165, 1.54) is 31.3 Å². The smallest absolute Gasteiger partial charge is 0.264 e. The summed E-state index contributed by atoms with van der Waals surface area (Å²) < 4.78 is 55.7. The monoisotopic (exact) mass is 456 g/mol. The zero-order valence-electron chi connectivity index (χ0n) is 13.6. The number of hydrogen-bond acceptors (Lipinski definition) is 5. The van der Waals surface area contributed by atoms with Crippen molar-refractivity contribution in [3.8, 4) is 11.4 Å².